The zero-order chi connectivity index (χ0) is 11.3. The molecule has 84 valence electrons. The Balaban J connectivity index is 2.56. The number of benzene rings is 1. The van der Waals surface area contributed by atoms with Crippen LogP contribution in [0.2, 0.25) is 10.0 Å². The van der Waals surface area contributed by atoms with E-state index in [1.54, 1.807) is 6.07 Å². The Morgan fingerprint density at radius 2 is 1.87 bits per heavy atom. The van der Waals surface area contributed by atoms with Crippen molar-refractivity contribution in [1.29, 1.82) is 0 Å². The summed E-state index contributed by atoms with van der Waals surface area (Å²) in [5.41, 5.74) is 0.915. The molecule has 0 radical (unpaired) electrons. The first-order valence-electron chi connectivity index (χ1n) is 4.95. The molecule has 1 aromatic carbocycles. The maximum absolute atomic E-state index is 8.70. The molecule has 0 amide bonds. The quantitative estimate of drug-likeness (QED) is 0.834. The predicted octanol–water partition coefficient (Wildman–Crippen LogP) is 3.57. The zero-order valence-electron chi connectivity index (χ0n) is 8.63. The van der Waals surface area contributed by atoms with Crippen LogP contribution in [0.25, 0.3) is 0 Å². The van der Waals surface area contributed by atoms with Crippen molar-refractivity contribution < 1.29 is 5.11 Å². The zero-order valence-corrected chi connectivity index (χ0v) is 10.1. The van der Waals surface area contributed by atoms with Crippen molar-refractivity contribution in [1.82, 2.24) is 0 Å². The minimum atomic E-state index is 0.225. The topological polar surface area (TPSA) is 32.3 Å². The highest BCUT2D eigenvalue weighted by Gasteiger charge is 2.03. The monoisotopic (exact) mass is 247 g/mol. The van der Waals surface area contributed by atoms with Crippen LogP contribution in [-0.4, -0.2) is 17.8 Å². The Bertz CT molecular complexity index is 297. The van der Waals surface area contributed by atoms with Crippen LogP contribution in [0.5, 0.6) is 0 Å². The molecule has 1 unspecified atom stereocenters. The number of aliphatic hydroxyl groups is 1. The largest absolute Gasteiger partial charge is 0.396 e. The SMILES string of the molecule is CC(CCCO)Nc1cc(Cl)cc(Cl)c1. The van der Waals surface area contributed by atoms with Crippen LogP contribution >= 0.6 is 23.2 Å². The fraction of sp³-hybridized carbons (Fsp3) is 0.455. The normalized spacial score (nSPS) is 12.5. The number of hydrogen-bond acceptors (Lipinski definition) is 2. The van der Waals surface area contributed by atoms with Crippen molar-refractivity contribution in [3.05, 3.63) is 28.2 Å². The van der Waals surface area contributed by atoms with Gasteiger partial charge in [-0.25, -0.2) is 0 Å². The average molecular weight is 248 g/mol. The van der Waals surface area contributed by atoms with E-state index in [0.717, 1.165) is 18.5 Å². The Morgan fingerprint density at radius 1 is 1.27 bits per heavy atom. The summed E-state index contributed by atoms with van der Waals surface area (Å²) in [6.45, 7) is 2.28. The molecule has 0 bridgehead atoms. The molecule has 0 spiro atoms. The Morgan fingerprint density at radius 3 is 2.40 bits per heavy atom. The number of halogens is 2. The lowest BCUT2D eigenvalue weighted by atomic mass is 10.2. The number of nitrogens with one attached hydrogen (secondary N) is 1. The highest BCUT2D eigenvalue weighted by molar-refractivity contribution is 6.35. The summed E-state index contributed by atoms with van der Waals surface area (Å²) in [4.78, 5) is 0. The van der Waals surface area contributed by atoms with Crippen LogP contribution in [0.3, 0.4) is 0 Å². The van der Waals surface area contributed by atoms with Gasteiger partial charge in [-0.15, -0.1) is 0 Å². The van der Waals surface area contributed by atoms with E-state index in [-0.39, 0.29) is 6.61 Å². The lowest BCUT2D eigenvalue weighted by Gasteiger charge is -2.15. The summed E-state index contributed by atoms with van der Waals surface area (Å²) >= 11 is 11.7. The third kappa shape index (κ3) is 4.74. The molecular weight excluding hydrogens is 233 g/mol. The van der Waals surface area contributed by atoms with E-state index in [1.165, 1.54) is 0 Å². The molecule has 2 N–H and O–H groups in total. The smallest absolute Gasteiger partial charge is 0.0441 e. The van der Waals surface area contributed by atoms with E-state index < -0.39 is 0 Å². The number of hydrogen-bond donors (Lipinski definition) is 2. The van der Waals surface area contributed by atoms with Crippen molar-refractivity contribution in [3.63, 3.8) is 0 Å². The molecule has 1 aromatic rings. The predicted molar refractivity (Wildman–Crippen MR) is 65.9 cm³/mol. The number of anilines is 1. The molecule has 0 saturated heterocycles. The molecule has 0 aliphatic rings. The first-order valence-corrected chi connectivity index (χ1v) is 5.71. The van der Waals surface area contributed by atoms with Gasteiger partial charge in [-0.05, 0) is 38.0 Å². The van der Waals surface area contributed by atoms with Crippen LogP contribution in [0.4, 0.5) is 5.69 Å². The van der Waals surface area contributed by atoms with E-state index >= 15 is 0 Å². The Hall–Kier alpha value is -0.440. The van der Waals surface area contributed by atoms with Crippen LogP contribution in [0.15, 0.2) is 18.2 Å². The minimum absolute atomic E-state index is 0.225. The molecule has 2 nitrogen and oxygen atoms in total. The highest BCUT2D eigenvalue weighted by atomic mass is 35.5. The second-order valence-corrected chi connectivity index (χ2v) is 4.44. The van der Waals surface area contributed by atoms with E-state index in [1.807, 2.05) is 12.1 Å². The fourth-order valence-electron chi connectivity index (χ4n) is 1.39. The maximum Gasteiger partial charge on any atom is 0.0441 e. The van der Waals surface area contributed by atoms with Crippen molar-refractivity contribution >= 4 is 28.9 Å². The number of aliphatic hydroxyl groups excluding tert-OH is 1. The van der Waals surface area contributed by atoms with Crippen molar-refractivity contribution in [2.24, 2.45) is 0 Å². The van der Waals surface area contributed by atoms with Gasteiger partial charge in [0.2, 0.25) is 0 Å². The average Bonchev–Trinajstić information content (AvgIpc) is 2.13. The molecule has 1 rings (SSSR count). The van der Waals surface area contributed by atoms with Gasteiger partial charge in [0.15, 0.2) is 0 Å². The Labute approximate surface area is 100 Å². The van der Waals surface area contributed by atoms with Crippen LogP contribution < -0.4 is 5.32 Å². The van der Waals surface area contributed by atoms with E-state index in [9.17, 15) is 0 Å². The molecule has 0 aromatic heterocycles. The maximum atomic E-state index is 8.70. The first-order chi connectivity index (χ1) is 7.11. The van der Waals surface area contributed by atoms with Crippen LogP contribution in [0, 0.1) is 0 Å². The van der Waals surface area contributed by atoms with Gasteiger partial charge in [0.05, 0.1) is 0 Å². The van der Waals surface area contributed by atoms with Crippen molar-refractivity contribution in [2.45, 2.75) is 25.8 Å². The van der Waals surface area contributed by atoms with Gasteiger partial charge in [-0.2, -0.15) is 0 Å². The molecule has 1 atom stereocenters. The molecule has 0 aliphatic carbocycles. The molecule has 0 aliphatic heterocycles. The molecule has 0 saturated carbocycles. The standard InChI is InChI=1S/C11H15Cl2NO/c1-8(3-2-4-15)14-11-6-9(12)5-10(13)7-11/h5-8,14-15H,2-4H2,1H3. The van der Waals surface area contributed by atoms with Crippen LogP contribution in [-0.2, 0) is 0 Å². The Kier molecular flexibility index (Phi) is 5.23. The summed E-state index contributed by atoms with van der Waals surface area (Å²) in [7, 11) is 0. The lowest BCUT2D eigenvalue weighted by Crippen LogP contribution is -2.15. The fourth-order valence-corrected chi connectivity index (χ4v) is 1.92. The van der Waals surface area contributed by atoms with Crippen molar-refractivity contribution in [2.75, 3.05) is 11.9 Å². The second-order valence-electron chi connectivity index (χ2n) is 3.57. The minimum Gasteiger partial charge on any atom is -0.396 e. The summed E-state index contributed by atoms with van der Waals surface area (Å²) in [5, 5.41) is 13.2. The van der Waals surface area contributed by atoms with Gasteiger partial charge in [-0.1, -0.05) is 23.2 Å². The molecule has 0 heterocycles. The van der Waals surface area contributed by atoms with Gasteiger partial charge in [0.25, 0.3) is 0 Å². The van der Waals surface area contributed by atoms with Crippen molar-refractivity contribution in [3.8, 4) is 0 Å². The van der Waals surface area contributed by atoms with Gasteiger partial charge in [0.1, 0.15) is 0 Å². The lowest BCUT2D eigenvalue weighted by molar-refractivity contribution is 0.282. The first kappa shape index (κ1) is 12.6. The van der Waals surface area contributed by atoms with Gasteiger partial charge >= 0.3 is 0 Å². The second kappa shape index (κ2) is 6.21. The number of rotatable bonds is 5. The molecule has 4 heteroatoms. The van der Waals surface area contributed by atoms with E-state index in [2.05, 4.69) is 12.2 Å². The van der Waals surface area contributed by atoms with E-state index in [0.29, 0.717) is 16.1 Å². The van der Waals surface area contributed by atoms with Gasteiger partial charge in [-0.3, -0.25) is 0 Å². The van der Waals surface area contributed by atoms with E-state index in [4.69, 9.17) is 28.3 Å². The molecule has 15 heavy (non-hydrogen) atoms. The van der Waals surface area contributed by atoms with Crippen LogP contribution in [0.1, 0.15) is 19.8 Å². The summed E-state index contributed by atoms with van der Waals surface area (Å²) in [5.74, 6) is 0. The third-order valence-corrected chi connectivity index (χ3v) is 2.51. The summed E-state index contributed by atoms with van der Waals surface area (Å²) in [6, 6.07) is 5.67. The molecular formula is C11H15Cl2NO. The van der Waals surface area contributed by atoms with Gasteiger partial charge < -0.3 is 10.4 Å². The van der Waals surface area contributed by atoms with Gasteiger partial charge in [0, 0.05) is 28.4 Å². The summed E-state index contributed by atoms with van der Waals surface area (Å²) in [6.07, 6.45) is 1.71. The summed E-state index contributed by atoms with van der Waals surface area (Å²) < 4.78 is 0. The highest BCUT2D eigenvalue weighted by Crippen LogP contribution is 2.23. The molecule has 0 fully saturated rings. The third-order valence-electron chi connectivity index (χ3n) is 2.07.